The van der Waals surface area contributed by atoms with E-state index in [1.165, 1.54) is 0 Å². The fourth-order valence-corrected chi connectivity index (χ4v) is 2.13. The number of thiocarbonyl (C=S) groups is 1. The highest BCUT2D eigenvalue weighted by Crippen LogP contribution is 2.15. The number of methoxy groups -OCH3 is 1. The normalized spacial score (nSPS) is 10.1. The standard InChI is InChI=1S/C18H20N2O3S/c1-13-3-5-14(6-4-13)17(21)20-18(24)19-15-7-9-16(10-8-15)23-12-11-22-2/h3-10H,11-12H2,1-2H3,(H2,19,20,21,24). The van der Waals surface area contributed by atoms with Crippen molar-refractivity contribution in [2.45, 2.75) is 6.92 Å². The highest BCUT2D eigenvalue weighted by molar-refractivity contribution is 7.80. The van der Waals surface area contributed by atoms with Crippen molar-refractivity contribution in [1.82, 2.24) is 5.32 Å². The first kappa shape index (κ1) is 17.9. The van der Waals surface area contributed by atoms with Gasteiger partial charge in [0.2, 0.25) is 0 Å². The maximum atomic E-state index is 12.1. The lowest BCUT2D eigenvalue weighted by Gasteiger charge is -2.11. The molecule has 2 N–H and O–H groups in total. The number of anilines is 1. The third-order valence-corrected chi connectivity index (χ3v) is 3.41. The Morgan fingerprint density at radius 3 is 2.33 bits per heavy atom. The summed E-state index contributed by atoms with van der Waals surface area (Å²) in [6, 6.07) is 14.6. The van der Waals surface area contributed by atoms with Crippen molar-refractivity contribution < 1.29 is 14.3 Å². The molecule has 0 unspecified atom stereocenters. The molecule has 126 valence electrons. The van der Waals surface area contributed by atoms with Crippen LogP contribution < -0.4 is 15.4 Å². The van der Waals surface area contributed by atoms with Crippen molar-refractivity contribution in [3.05, 3.63) is 59.7 Å². The van der Waals surface area contributed by atoms with Crippen molar-refractivity contribution in [1.29, 1.82) is 0 Å². The Labute approximate surface area is 147 Å². The van der Waals surface area contributed by atoms with E-state index in [0.29, 0.717) is 18.8 Å². The van der Waals surface area contributed by atoms with Crippen molar-refractivity contribution in [3.63, 3.8) is 0 Å². The summed E-state index contributed by atoms with van der Waals surface area (Å²) in [6.07, 6.45) is 0. The van der Waals surface area contributed by atoms with E-state index in [0.717, 1.165) is 17.0 Å². The van der Waals surface area contributed by atoms with Gasteiger partial charge in [0.15, 0.2) is 5.11 Å². The highest BCUT2D eigenvalue weighted by atomic mass is 32.1. The molecule has 0 fully saturated rings. The number of rotatable bonds is 6. The fourth-order valence-electron chi connectivity index (χ4n) is 1.92. The van der Waals surface area contributed by atoms with Crippen LogP contribution in [0.2, 0.25) is 0 Å². The molecule has 24 heavy (non-hydrogen) atoms. The van der Waals surface area contributed by atoms with Gasteiger partial charge in [-0.2, -0.15) is 0 Å². The topological polar surface area (TPSA) is 59.6 Å². The third kappa shape index (κ3) is 5.64. The SMILES string of the molecule is COCCOc1ccc(NC(=S)NC(=O)c2ccc(C)cc2)cc1. The molecule has 0 bridgehead atoms. The number of carbonyl (C=O) groups excluding carboxylic acids is 1. The van der Waals surface area contributed by atoms with Crippen LogP contribution >= 0.6 is 12.2 Å². The van der Waals surface area contributed by atoms with E-state index < -0.39 is 0 Å². The van der Waals surface area contributed by atoms with Crippen LogP contribution in [0.1, 0.15) is 15.9 Å². The Kier molecular flexibility index (Phi) is 6.72. The summed E-state index contributed by atoms with van der Waals surface area (Å²) in [6.45, 7) is 3.00. The second kappa shape index (κ2) is 9.00. The Balaban J connectivity index is 1.85. The summed E-state index contributed by atoms with van der Waals surface area (Å²) >= 11 is 5.17. The molecule has 0 aliphatic rings. The molecular formula is C18H20N2O3S. The number of aryl methyl sites for hydroxylation is 1. The third-order valence-electron chi connectivity index (χ3n) is 3.21. The van der Waals surface area contributed by atoms with Crippen LogP contribution in [0.15, 0.2) is 48.5 Å². The summed E-state index contributed by atoms with van der Waals surface area (Å²) < 4.78 is 10.4. The molecule has 0 atom stereocenters. The van der Waals surface area contributed by atoms with Gasteiger partial charge in [-0.25, -0.2) is 0 Å². The van der Waals surface area contributed by atoms with Crippen molar-refractivity contribution in [2.24, 2.45) is 0 Å². The molecule has 2 aromatic rings. The molecule has 0 saturated carbocycles. The molecule has 0 aliphatic carbocycles. The lowest BCUT2D eigenvalue weighted by molar-refractivity contribution is 0.0977. The number of amides is 1. The predicted molar refractivity (Wildman–Crippen MR) is 98.7 cm³/mol. The van der Waals surface area contributed by atoms with Crippen molar-refractivity contribution >= 4 is 28.9 Å². The minimum atomic E-state index is -0.244. The Bertz CT molecular complexity index is 684. The van der Waals surface area contributed by atoms with Crippen molar-refractivity contribution in [2.75, 3.05) is 25.6 Å². The smallest absolute Gasteiger partial charge is 0.257 e. The van der Waals surface area contributed by atoms with Gasteiger partial charge >= 0.3 is 0 Å². The summed E-state index contributed by atoms with van der Waals surface area (Å²) in [5, 5.41) is 5.87. The van der Waals surface area contributed by atoms with Crippen LogP contribution in [-0.2, 0) is 4.74 Å². The van der Waals surface area contributed by atoms with Crippen molar-refractivity contribution in [3.8, 4) is 5.75 Å². The average Bonchev–Trinajstić information content (AvgIpc) is 2.57. The molecule has 1 amide bonds. The fraction of sp³-hybridized carbons (Fsp3) is 0.222. The minimum Gasteiger partial charge on any atom is -0.491 e. The number of hydrogen-bond donors (Lipinski definition) is 2. The molecule has 0 heterocycles. The van der Waals surface area contributed by atoms with Crippen LogP contribution in [0.3, 0.4) is 0 Å². The molecule has 0 saturated heterocycles. The van der Waals surface area contributed by atoms with Crippen LogP contribution in [0, 0.1) is 6.92 Å². The van der Waals surface area contributed by atoms with Gasteiger partial charge in [0.25, 0.3) is 5.91 Å². The monoisotopic (exact) mass is 344 g/mol. The van der Waals surface area contributed by atoms with Gasteiger partial charge in [-0.15, -0.1) is 0 Å². The second-order valence-corrected chi connectivity index (χ2v) is 5.55. The van der Waals surface area contributed by atoms with E-state index in [9.17, 15) is 4.79 Å². The zero-order valence-corrected chi connectivity index (χ0v) is 14.5. The Morgan fingerprint density at radius 2 is 1.71 bits per heavy atom. The number of benzene rings is 2. The quantitative estimate of drug-likeness (QED) is 0.623. The Morgan fingerprint density at radius 1 is 1.04 bits per heavy atom. The Hall–Kier alpha value is -2.44. The first-order chi connectivity index (χ1) is 11.6. The van der Waals surface area contributed by atoms with Crippen LogP contribution in [0.5, 0.6) is 5.75 Å². The maximum Gasteiger partial charge on any atom is 0.257 e. The van der Waals surface area contributed by atoms with Gasteiger partial charge in [0, 0.05) is 18.4 Å². The second-order valence-electron chi connectivity index (χ2n) is 5.14. The molecule has 2 aromatic carbocycles. The van der Waals surface area contributed by atoms with E-state index in [-0.39, 0.29) is 11.0 Å². The summed E-state index contributed by atoms with van der Waals surface area (Å²) in [5.74, 6) is 0.499. The molecule has 0 radical (unpaired) electrons. The molecular weight excluding hydrogens is 324 g/mol. The first-order valence-corrected chi connectivity index (χ1v) is 7.90. The van der Waals surface area contributed by atoms with E-state index >= 15 is 0 Å². The first-order valence-electron chi connectivity index (χ1n) is 7.49. The number of ether oxygens (including phenoxy) is 2. The van der Waals surface area contributed by atoms with Crippen LogP contribution in [0.4, 0.5) is 5.69 Å². The van der Waals surface area contributed by atoms with Gasteiger partial charge in [0.05, 0.1) is 6.61 Å². The molecule has 6 heteroatoms. The lowest BCUT2D eigenvalue weighted by atomic mass is 10.1. The summed E-state index contributed by atoms with van der Waals surface area (Å²) in [5.41, 5.74) is 2.43. The zero-order valence-electron chi connectivity index (χ0n) is 13.7. The average molecular weight is 344 g/mol. The number of hydrogen-bond acceptors (Lipinski definition) is 4. The largest absolute Gasteiger partial charge is 0.491 e. The molecule has 0 aromatic heterocycles. The number of carbonyl (C=O) groups is 1. The van der Waals surface area contributed by atoms with Gasteiger partial charge in [0.1, 0.15) is 12.4 Å². The van der Waals surface area contributed by atoms with E-state index in [4.69, 9.17) is 21.7 Å². The van der Waals surface area contributed by atoms with Gasteiger partial charge < -0.3 is 14.8 Å². The van der Waals surface area contributed by atoms with Gasteiger partial charge in [-0.05, 0) is 55.5 Å². The van der Waals surface area contributed by atoms with Crippen LogP contribution in [-0.4, -0.2) is 31.3 Å². The summed E-state index contributed by atoms with van der Waals surface area (Å²) in [4.78, 5) is 12.1. The highest BCUT2D eigenvalue weighted by Gasteiger charge is 2.07. The molecule has 0 spiro atoms. The predicted octanol–water partition coefficient (Wildman–Crippen LogP) is 3.15. The lowest BCUT2D eigenvalue weighted by Crippen LogP contribution is -2.34. The molecule has 2 rings (SSSR count). The number of nitrogens with one attached hydrogen (secondary N) is 2. The van der Waals surface area contributed by atoms with E-state index in [2.05, 4.69) is 10.6 Å². The zero-order chi connectivity index (χ0) is 17.4. The maximum absolute atomic E-state index is 12.1. The van der Waals surface area contributed by atoms with E-state index in [1.54, 1.807) is 19.2 Å². The van der Waals surface area contributed by atoms with E-state index in [1.807, 2.05) is 43.3 Å². The summed E-state index contributed by atoms with van der Waals surface area (Å²) in [7, 11) is 1.63. The molecule has 5 nitrogen and oxygen atoms in total. The van der Waals surface area contributed by atoms with Gasteiger partial charge in [-0.3, -0.25) is 10.1 Å². The van der Waals surface area contributed by atoms with Gasteiger partial charge in [-0.1, -0.05) is 17.7 Å². The molecule has 0 aliphatic heterocycles. The minimum absolute atomic E-state index is 0.244. The van der Waals surface area contributed by atoms with Crippen LogP contribution in [0.25, 0.3) is 0 Å².